The van der Waals surface area contributed by atoms with E-state index >= 15 is 0 Å². The van der Waals surface area contributed by atoms with Crippen LogP contribution in [0.1, 0.15) is 42.9 Å². The molecule has 0 aliphatic heterocycles. The van der Waals surface area contributed by atoms with Crippen LogP contribution in [-0.2, 0) is 0 Å². The van der Waals surface area contributed by atoms with E-state index in [0.29, 0.717) is 5.92 Å². The van der Waals surface area contributed by atoms with E-state index in [9.17, 15) is 0 Å². The number of rotatable bonds is 1. The molecule has 0 fully saturated rings. The Morgan fingerprint density at radius 1 is 1.40 bits per heavy atom. The van der Waals surface area contributed by atoms with Gasteiger partial charge < -0.3 is 10.5 Å². The lowest BCUT2D eigenvalue weighted by molar-refractivity contribution is 0.411. The van der Waals surface area contributed by atoms with Crippen LogP contribution in [0.4, 0.5) is 0 Å². The van der Waals surface area contributed by atoms with Gasteiger partial charge >= 0.3 is 0 Å². The van der Waals surface area contributed by atoms with E-state index in [2.05, 4.69) is 28.9 Å². The van der Waals surface area contributed by atoms with E-state index in [1.165, 1.54) is 17.5 Å². The van der Waals surface area contributed by atoms with E-state index in [0.717, 1.165) is 16.6 Å². The molecule has 2 N–H and O–H groups in total. The van der Waals surface area contributed by atoms with Crippen molar-refractivity contribution in [3.05, 3.63) is 27.7 Å². The molecule has 0 radical (unpaired) electrons. The molecule has 1 aromatic rings. The largest absolute Gasteiger partial charge is 0.497 e. The normalized spacial score (nSPS) is 24.8. The SMILES string of the molecule is COc1cc(Br)c2c(c1)[C@H](N)CCC2C. The third-order valence-electron chi connectivity index (χ3n) is 3.17. The van der Waals surface area contributed by atoms with Gasteiger partial charge in [0.05, 0.1) is 7.11 Å². The van der Waals surface area contributed by atoms with Crippen LogP contribution >= 0.6 is 15.9 Å². The molecule has 1 aliphatic rings. The molecule has 0 saturated heterocycles. The average molecular weight is 270 g/mol. The lowest BCUT2D eigenvalue weighted by atomic mass is 9.81. The van der Waals surface area contributed by atoms with Gasteiger partial charge in [-0.25, -0.2) is 0 Å². The minimum Gasteiger partial charge on any atom is -0.497 e. The molecule has 2 nitrogen and oxygen atoms in total. The number of methoxy groups -OCH3 is 1. The summed E-state index contributed by atoms with van der Waals surface area (Å²) in [6.07, 6.45) is 2.23. The van der Waals surface area contributed by atoms with Crippen molar-refractivity contribution in [1.29, 1.82) is 0 Å². The van der Waals surface area contributed by atoms with Gasteiger partial charge in [0.1, 0.15) is 5.75 Å². The second-order valence-corrected chi connectivity index (χ2v) is 5.05. The minimum atomic E-state index is 0.155. The fourth-order valence-electron chi connectivity index (χ4n) is 2.29. The highest BCUT2D eigenvalue weighted by Gasteiger charge is 2.25. The Morgan fingerprint density at radius 3 is 2.80 bits per heavy atom. The summed E-state index contributed by atoms with van der Waals surface area (Å²) >= 11 is 3.61. The maximum atomic E-state index is 6.12. The first-order chi connectivity index (χ1) is 7.13. The fourth-order valence-corrected chi connectivity index (χ4v) is 3.13. The molecule has 0 spiro atoms. The molecule has 1 aliphatic carbocycles. The number of hydrogen-bond donors (Lipinski definition) is 1. The van der Waals surface area contributed by atoms with Gasteiger partial charge in [-0.05, 0) is 42.0 Å². The number of nitrogens with two attached hydrogens (primary N) is 1. The van der Waals surface area contributed by atoms with Gasteiger partial charge in [-0.15, -0.1) is 0 Å². The zero-order valence-electron chi connectivity index (χ0n) is 9.09. The summed E-state index contributed by atoms with van der Waals surface area (Å²) < 4.78 is 6.38. The second-order valence-electron chi connectivity index (χ2n) is 4.20. The van der Waals surface area contributed by atoms with E-state index < -0.39 is 0 Å². The predicted octanol–water partition coefficient (Wildman–Crippen LogP) is 3.35. The first-order valence-electron chi connectivity index (χ1n) is 5.26. The molecule has 2 atom stereocenters. The Balaban J connectivity index is 2.56. The van der Waals surface area contributed by atoms with Gasteiger partial charge in [-0.1, -0.05) is 22.9 Å². The maximum Gasteiger partial charge on any atom is 0.120 e. The van der Waals surface area contributed by atoms with Crippen LogP contribution in [0, 0.1) is 0 Å². The summed E-state index contributed by atoms with van der Waals surface area (Å²) in [5, 5.41) is 0. The smallest absolute Gasteiger partial charge is 0.120 e. The van der Waals surface area contributed by atoms with Crippen LogP contribution in [0.2, 0.25) is 0 Å². The van der Waals surface area contributed by atoms with Crippen LogP contribution < -0.4 is 10.5 Å². The Kier molecular flexibility index (Phi) is 3.03. The number of halogens is 1. The van der Waals surface area contributed by atoms with E-state index in [-0.39, 0.29) is 6.04 Å². The van der Waals surface area contributed by atoms with Crippen LogP contribution in [0.3, 0.4) is 0 Å². The summed E-state index contributed by atoms with van der Waals surface area (Å²) in [6, 6.07) is 4.25. The second kappa shape index (κ2) is 4.14. The fraction of sp³-hybridized carbons (Fsp3) is 0.500. The molecule has 15 heavy (non-hydrogen) atoms. The topological polar surface area (TPSA) is 35.2 Å². The molecule has 2 rings (SSSR count). The van der Waals surface area contributed by atoms with Crippen molar-refractivity contribution < 1.29 is 4.74 Å². The van der Waals surface area contributed by atoms with Crippen LogP contribution in [0.5, 0.6) is 5.75 Å². The van der Waals surface area contributed by atoms with E-state index in [1.807, 2.05) is 6.07 Å². The highest BCUT2D eigenvalue weighted by Crippen LogP contribution is 2.42. The Morgan fingerprint density at radius 2 is 2.13 bits per heavy atom. The molecular weight excluding hydrogens is 254 g/mol. The number of benzene rings is 1. The van der Waals surface area contributed by atoms with Gasteiger partial charge in [-0.2, -0.15) is 0 Å². The van der Waals surface area contributed by atoms with Gasteiger partial charge in [-0.3, -0.25) is 0 Å². The summed E-state index contributed by atoms with van der Waals surface area (Å²) in [5.74, 6) is 1.46. The van der Waals surface area contributed by atoms with Gasteiger partial charge in [0, 0.05) is 10.5 Å². The molecule has 1 unspecified atom stereocenters. The standard InChI is InChI=1S/C12H16BrNO/c1-7-3-4-11(14)9-5-8(15-2)6-10(13)12(7)9/h5-7,11H,3-4,14H2,1-2H3/t7?,11-/m1/s1. The zero-order valence-corrected chi connectivity index (χ0v) is 10.7. The molecule has 0 saturated carbocycles. The van der Waals surface area contributed by atoms with Crippen molar-refractivity contribution >= 4 is 15.9 Å². The Bertz CT molecular complexity index is 378. The number of fused-ring (bicyclic) bond motifs is 1. The minimum absolute atomic E-state index is 0.155. The van der Waals surface area contributed by atoms with Crippen LogP contribution in [0.25, 0.3) is 0 Å². The zero-order chi connectivity index (χ0) is 11.0. The van der Waals surface area contributed by atoms with Gasteiger partial charge in [0.2, 0.25) is 0 Å². The maximum absolute atomic E-state index is 6.12. The van der Waals surface area contributed by atoms with Crippen molar-refractivity contribution in [1.82, 2.24) is 0 Å². The lowest BCUT2D eigenvalue weighted by Crippen LogP contribution is -2.19. The van der Waals surface area contributed by atoms with Gasteiger partial charge in [0.15, 0.2) is 0 Å². The number of ether oxygens (including phenoxy) is 1. The summed E-state index contributed by atoms with van der Waals surface area (Å²) in [5.41, 5.74) is 8.72. The molecular formula is C12H16BrNO. The molecule has 1 aromatic carbocycles. The highest BCUT2D eigenvalue weighted by atomic mass is 79.9. The molecule has 0 heterocycles. The Hall–Kier alpha value is -0.540. The lowest BCUT2D eigenvalue weighted by Gasteiger charge is -2.28. The average Bonchev–Trinajstić information content (AvgIpc) is 2.23. The molecule has 0 amide bonds. The quantitative estimate of drug-likeness (QED) is 0.849. The monoisotopic (exact) mass is 269 g/mol. The van der Waals surface area contributed by atoms with Crippen molar-refractivity contribution in [3.63, 3.8) is 0 Å². The molecule has 0 bridgehead atoms. The van der Waals surface area contributed by atoms with Crippen molar-refractivity contribution in [2.24, 2.45) is 5.73 Å². The predicted molar refractivity (Wildman–Crippen MR) is 65.3 cm³/mol. The van der Waals surface area contributed by atoms with Crippen LogP contribution in [-0.4, -0.2) is 7.11 Å². The van der Waals surface area contributed by atoms with Crippen molar-refractivity contribution in [2.75, 3.05) is 7.11 Å². The third-order valence-corrected chi connectivity index (χ3v) is 3.83. The summed E-state index contributed by atoms with van der Waals surface area (Å²) in [7, 11) is 1.69. The third kappa shape index (κ3) is 1.91. The molecule has 0 aromatic heterocycles. The van der Waals surface area contributed by atoms with Crippen LogP contribution in [0.15, 0.2) is 16.6 Å². The summed E-state index contributed by atoms with van der Waals surface area (Å²) in [6.45, 7) is 2.25. The first kappa shape index (κ1) is 11.0. The first-order valence-corrected chi connectivity index (χ1v) is 6.05. The van der Waals surface area contributed by atoms with Gasteiger partial charge in [0.25, 0.3) is 0 Å². The summed E-state index contributed by atoms with van der Waals surface area (Å²) in [4.78, 5) is 0. The highest BCUT2D eigenvalue weighted by molar-refractivity contribution is 9.10. The number of hydrogen-bond acceptors (Lipinski definition) is 2. The van der Waals surface area contributed by atoms with Crippen molar-refractivity contribution in [2.45, 2.75) is 31.7 Å². The Labute approximate surface area is 98.9 Å². The van der Waals surface area contributed by atoms with E-state index in [4.69, 9.17) is 10.5 Å². The van der Waals surface area contributed by atoms with Crippen molar-refractivity contribution in [3.8, 4) is 5.75 Å². The van der Waals surface area contributed by atoms with E-state index in [1.54, 1.807) is 7.11 Å². The molecule has 3 heteroatoms. The molecule has 82 valence electrons.